The smallest absolute Gasteiger partial charge is 0.341 e. The molecule has 0 bridgehead atoms. The fraction of sp³-hybridized carbons (Fsp3) is 0.125. The molecule has 12 heavy (non-hydrogen) atoms. The number of hydrogen-bond donors (Lipinski definition) is 2. The molecule has 0 amide bonds. The van der Waals surface area contributed by atoms with Crippen molar-refractivity contribution in [3.05, 3.63) is 29.8 Å². The Bertz CT molecular complexity index is 285. The summed E-state index contributed by atoms with van der Waals surface area (Å²) in [5.41, 5.74) is 2.23. The van der Waals surface area contributed by atoms with Crippen molar-refractivity contribution in [2.24, 2.45) is 0 Å². The van der Waals surface area contributed by atoms with Crippen LogP contribution in [-0.4, -0.2) is 18.2 Å². The quantitative estimate of drug-likeness (QED) is 0.498. The second kappa shape index (κ2) is 3.85. The van der Waals surface area contributed by atoms with Crippen molar-refractivity contribution in [1.29, 1.82) is 0 Å². The molecular formula is C8H10NO3+. The Morgan fingerprint density at radius 2 is 2.17 bits per heavy atom. The lowest BCUT2D eigenvalue weighted by Gasteiger charge is -1.99. The third-order valence-corrected chi connectivity index (χ3v) is 1.44. The summed E-state index contributed by atoms with van der Waals surface area (Å²) in [5.74, 6) is -0.945. The predicted octanol–water partition coefficient (Wildman–Crippen LogP) is 0.141. The number of carboxylic acids is 1. The Morgan fingerprint density at radius 1 is 1.50 bits per heavy atom. The fourth-order valence-corrected chi connectivity index (χ4v) is 0.922. The van der Waals surface area contributed by atoms with Gasteiger partial charge in [0.15, 0.2) is 5.69 Å². The Hall–Kier alpha value is -1.39. The van der Waals surface area contributed by atoms with Gasteiger partial charge in [-0.1, -0.05) is 12.1 Å². The van der Waals surface area contributed by atoms with Crippen molar-refractivity contribution >= 4 is 11.7 Å². The van der Waals surface area contributed by atoms with E-state index in [1.54, 1.807) is 18.2 Å². The van der Waals surface area contributed by atoms with Crippen LogP contribution in [0.3, 0.4) is 0 Å². The second-order valence-corrected chi connectivity index (χ2v) is 2.25. The lowest BCUT2D eigenvalue weighted by Crippen LogP contribution is -2.76. The second-order valence-electron chi connectivity index (χ2n) is 2.25. The van der Waals surface area contributed by atoms with E-state index in [4.69, 9.17) is 9.94 Å². The average Bonchev–Trinajstić information content (AvgIpc) is 2.05. The first-order valence-corrected chi connectivity index (χ1v) is 3.44. The molecule has 0 aliphatic carbocycles. The van der Waals surface area contributed by atoms with Crippen LogP contribution < -0.4 is 5.48 Å². The molecule has 0 heterocycles. The highest BCUT2D eigenvalue weighted by Crippen LogP contribution is 2.08. The number of nitrogens with two attached hydrogens (primary N) is 1. The summed E-state index contributed by atoms with van der Waals surface area (Å²) in [6.45, 7) is 0. The summed E-state index contributed by atoms with van der Waals surface area (Å²) in [4.78, 5) is 15.4. The van der Waals surface area contributed by atoms with Crippen molar-refractivity contribution in [1.82, 2.24) is 0 Å². The van der Waals surface area contributed by atoms with Crippen LogP contribution in [0.4, 0.5) is 5.69 Å². The largest absolute Gasteiger partial charge is 0.477 e. The molecule has 0 radical (unpaired) electrons. The van der Waals surface area contributed by atoms with E-state index in [-0.39, 0.29) is 5.56 Å². The maximum atomic E-state index is 10.6. The summed E-state index contributed by atoms with van der Waals surface area (Å²) in [6, 6.07) is 6.66. The zero-order valence-corrected chi connectivity index (χ0v) is 6.65. The minimum absolute atomic E-state index is 0.249. The SMILES string of the molecule is CO[NH2+]c1ccccc1C(=O)O. The minimum Gasteiger partial charge on any atom is -0.477 e. The van der Waals surface area contributed by atoms with Crippen LogP contribution in [0.25, 0.3) is 0 Å². The van der Waals surface area contributed by atoms with E-state index in [0.717, 1.165) is 0 Å². The van der Waals surface area contributed by atoms with Gasteiger partial charge in [0.2, 0.25) is 0 Å². The predicted molar refractivity (Wildman–Crippen MR) is 42.0 cm³/mol. The lowest BCUT2D eigenvalue weighted by molar-refractivity contribution is -0.830. The number of carboxylic acid groups (broad SMARTS) is 1. The molecule has 0 saturated heterocycles. The number of benzene rings is 1. The van der Waals surface area contributed by atoms with E-state index in [2.05, 4.69) is 0 Å². The zero-order valence-electron chi connectivity index (χ0n) is 6.65. The van der Waals surface area contributed by atoms with Crippen LogP contribution in [0.1, 0.15) is 10.4 Å². The standard InChI is InChI=1S/C8H9NO3/c1-12-9-7-5-3-2-4-6(7)8(10)11/h2-5,9H,1H3,(H,10,11)/p+1. The molecule has 0 spiro atoms. The first kappa shape index (κ1) is 8.70. The van der Waals surface area contributed by atoms with Gasteiger partial charge in [0, 0.05) is 6.07 Å². The first-order chi connectivity index (χ1) is 5.75. The summed E-state index contributed by atoms with van der Waals surface area (Å²) >= 11 is 0. The summed E-state index contributed by atoms with van der Waals surface area (Å²) < 4.78 is 0. The van der Waals surface area contributed by atoms with Crippen LogP contribution in [0, 0.1) is 0 Å². The highest BCUT2D eigenvalue weighted by atomic mass is 16.6. The highest BCUT2D eigenvalue weighted by Gasteiger charge is 2.11. The van der Waals surface area contributed by atoms with Gasteiger partial charge in [0.05, 0.1) is 7.11 Å². The first-order valence-electron chi connectivity index (χ1n) is 3.44. The van der Waals surface area contributed by atoms with Crippen molar-refractivity contribution in [3.63, 3.8) is 0 Å². The van der Waals surface area contributed by atoms with Gasteiger partial charge in [-0.05, 0) is 6.07 Å². The molecule has 0 aliphatic rings. The van der Waals surface area contributed by atoms with Gasteiger partial charge in [0.1, 0.15) is 5.56 Å². The van der Waals surface area contributed by atoms with Gasteiger partial charge >= 0.3 is 5.97 Å². The van der Waals surface area contributed by atoms with Crippen LogP contribution in [0.15, 0.2) is 24.3 Å². The molecule has 3 N–H and O–H groups in total. The molecule has 4 nitrogen and oxygen atoms in total. The Labute approximate surface area is 69.7 Å². The van der Waals surface area contributed by atoms with Crippen LogP contribution in [-0.2, 0) is 4.84 Å². The number of quaternary nitrogens is 1. The molecule has 64 valence electrons. The summed E-state index contributed by atoms with van der Waals surface area (Å²) in [5, 5.41) is 8.72. The third-order valence-electron chi connectivity index (χ3n) is 1.44. The molecular weight excluding hydrogens is 158 g/mol. The molecule has 0 fully saturated rings. The van der Waals surface area contributed by atoms with Crippen molar-refractivity contribution in [2.75, 3.05) is 7.11 Å². The maximum absolute atomic E-state index is 10.6. The van der Waals surface area contributed by atoms with E-state index >= 15 is 0 Å². The van der Waals surface area contributed by atoms with Crippen LogP contribution >= 0.6 is 0 Å². The summed E-state index contributed by atoms with van der Waals surface area (Å²) in [7, 11) is 1.48. The minimum atomic E-state index is -0.945. The number of hydrogen-bond acceptors (Lipinski definition) is 2. The lowest BCUT2D eigenvalue weighted by atomic mass is 10.2. The van der Waals surface area contributed by atoms with Gasteiger partial charge in [-0.2, -0.15) is 5.48 Å². The van der Waals surface area contributed by atoms with Gasteiger partial charge in [-0.3, -0.25) is 0 Å². The monoisotopic (exact) mass is 168 g/mol. The normalized spacial score (nSPS) is 9.75. The molecule has 0 aliphatic heterocycles. The zero-order chi connectivity index (χ0) is 8.97. The highest BCUT2D eigenvalue weighted by molar-refractivity contribution is 5.91. The van der Waals surface area contributed by atoms with E-state index in [0.29, 0.717) is 5.69 Å². The fourth-order valence-electron chi connectivity index (χ4n) is 0.922. The number of rotatable bonds is 3. The summed E-state index contributed by atoms with van der Waals surface area (Å²) in [6.07, 6.45) is 0. The molecule has 0 unspecified atom stereocenters. The van der Waals surface area contributed by atoms with Gasteiger partial charge in [0.25, 0.3) is 0 Å². The Kier molecular flexibility index (Phi) is 2.79. The Balaban J connectivity index is 3.00. The maximum Gasteiger partial charge on any atom is 0.341 e. The molecule has 0 saturated carbocycles. The molecule has 0 atom stereocenters. The molecule has 1 aromatic carbocycles. The third kappa shape index (κ3) is 1.81. The average molecular weight is 168 g/mol. The van der Waals surface area contributed by atoms with Crippen LogP contribution in [0.2, 0.25) is 0 Å². The van der Waals surface area contributed by atoms with Crippen molar-refractivity contribution in [2.45, 2.75) is 0 Å². The molecule has 1 rings (SSSR count). The molecule has 0 aromatic heterocycles. The van der Waals surface area contributed by atoms with E-state index < -0.39 is 5.97 Å². The van der Waals surface area contributed by atoms with Crippen molar-refractivity contribution < 1.29 is 20.2 Å². The van der Waals surface area contributed by atoms with Gasteiger partial charge < -0.3 is 5.11 Å². The number of carbonyl (C=O) groups is 1. The van der Waals surface area contributed by atoms with Gasteiger partial charge in [-0.25, -0.2) is 9.63 Å². The topological polar surface area (TPSA) is 63.1 Å². The van der Waals surface area contributed by atoms with E-state index in [9.17, 15) is 4.79 Å². The van der Waals surface area contributed by atoms with Gasteiger partial charge in [-0.15, -0.1) is 0 Å². The van der Waals surface area contributed by atoms with Crippen LogP contribution in [0.5, 0.6) is 0 Å². The Morgan fingerprint density at radius 3 is 2.75 bits per heavy atom. The number of aromatic carboxylic acids is 1. The molecule has 1 aromatic rings. The molecule has 4 heteroatoms. The van der Waals surface area contributed by atoms with Crippen molar-refractivity contribution in [3.8, 4) is 0 Å². The van der Waals surface area contributed by atoms with E-state index in [1.807, 2.05) is 0 Å². The van der Waals surface area contributed by atoms with E-state index in [1.165, 1.54) is 18.7 Å².